The predicted octanol–water partition coefficient (Wildman–Crippen LogP) is 4.94. The Morgan fingerprint density at radius 1 is 1.00 bits per heavy atom. The number of nitrogens with one attached hydrogen (secondary N) is 1. The third-order valence-electron chi connectivity index (χ3n) is 6.02. The standard InChI is InChI=1S/C27H26N4O4S2/c1-27(2,3)20-11-9-19(10-12-20)25-29-24(35-30-25)16-28-37(33,34)21-13-14-22-23(15-21)36-26(32)31(22)17-18-7-5-4-6-8-18/h4-15,28H,16-17H2,1-3H3. The van der Waals surface area contributed by atoms with E-state index >= 15 is 0 Å². The number of hydrogen-bond acceptors (Lipinski definition) is 7. The highest BCUT2D eigenvalue weighted by atomic mass is 32.2. The lowest BCUT2D eigenvalue weighted by Gasteiger charge is -2.18. The maximum Gasteiger partial charge on any atom is 0.308 e. The minimum absolute atomic E-state index is 0.0305. The van der Waals surface area contributed by atoms with E-state index < -0.39 is 10.0 Å². The van der Waals surface area contributed by atoms with Gasteiger partial charge in [-0.05, 0) is 34.7 Å². The van der Waals surface area contributed by atoms with E-state index in [1.807, 2.05) is 54.6 Å². The summed E-state index contributed by atoms with van der Waals surface area (Å²) in [4.78, 5) is 16.8. The zero-order valence-corrected chi connectivity index (χ0v) is 22.3. The van der Waals surface area contributed by atoms with Crippen molar-refractivity contribution < 1.29 is 12.9 Å². The van der Waals surface area contributed by atoms with Crippen LogP contribution in [0.3, 0.4) is 0 Å². The van der Waals surface area contributed by atoms with E-state index in [0.29, 0.717) is 22.6 Å². The number of hydrogen-bond donors (Lipinski definition) is 1. The van der Waals surface area contributed by atoms with Crippen LogP contribution in [0.1, 0.15) is 37.8 Å². The van der Waals surface area contributed by atoms with Crippen molar-refractivity contribution in [1.29, 1.82) is 0 Å². The molecule has 0 amide bonds. The molecule has 0 bridgehead atoms. The number of benzene rings is 3. The first-order chi connectivity index (χ1) is 17.6. The molecule has 5 rings (SSSR count). The maximum absolute atomic E-state index is 13.0. The van der Waals surface area contributed by atoms with Gasteiger partial charge in [-0.25, -0.2) is 13.1 Å². The molecule has 5 aromatic rings. The molecule has 0 radical (unpaired) electrons. The molecule has 1 N–H and O–H groups in total. The summed E-state index contributed by atoms with van der Waals surface area (Å²) < 4.78 is 35.9. The number of sulfonamides is 1. The zero-order chi connectivity index (χ0) is 26.2. The highest BCUT2D eigenvalue weighted by molar-refractivity contribution is 7.89. The SMILES string of the molecule is CC(C)(C)c1ccc(-c2noc(CNS(=O)(=O)c3ccc4c(c3)sc(=O)n4Cc3ccccc3)n2)cc1. The van der Waals surface area contributed by atoms with Gasteiger partial charge in [-0.1, -0.05) is 91.9 Å². The molecule has 0 saturated carbocycles. The summed E-state index contributed by atoms with van der Waals surface area (Å²) in [6.07, 6.45) is 0. The van der Waals surface area contributed by atoms with Gasteiger partial charge in [-0.15, -0.1) is 0 Å². The van der Waals surface area contributed by atoms with Crippen molar-refractivity contribution in [1.82, 2.24) is 19.4 Å². The van der Waals surface area contributed by atoms with E-state index in [4.69, 9.17) is 4.52 Å². The fourth-order valence-electron chi connectivity index (χ4n) is 3.93. The van der Waals surface area contributed by atoms with Gasteiger partial charge in [0.2, 0.25) is 21.7 Å². The number of aromatic nitrogens is 3. The zero-order valence-electron chi connectivity index (χ0n) is 20.6. The van der Waals surface area contributed by atoms with Crippen LogP contribution in [0.15, 0.2) is 87.0 Å². The molecule has 0 spiro atoms. The number of thiazole rings is 1. The Kier molecular flexibility index (Phi) is 6.57. The van der Waals surface area contributed by atoms with Crippen LogP contribution in [0.5, 0.6) is 0 Å². The molecule has 0 fully saturated rings. The third kappa shape index (κ3) is 5.41. The van der Waals surface area contributed by atoms with E-state index in [1.165, 1.54) is 17.7 Å². The number of fused-ring (bicyclic) bond motifs is 1. The molecule has 2 heterocycles. The Labute approximate surface area is 218 Å². The monoisotopic (exact) mass is 534 g/mol. The first kappa shape index (κ1) is 25.1. The molecule has 0 aliphatic heterocycles. The van der Waals surface area contributed by atoms with Gasteiger partial charge in [0.05, 0.1) is 28.2 Å². The van der Waals surface area contributed by atoms with Crippen LogP contribution < -0.4 is 9.60 Å². The van der Waals surface area contributed by atoms with Gasteiger partial charge in [0.15, 0.2) is 0 Å². The normalized spacial score (nSPS) is 12.3. The van der Waals surface area contributed by atoms with Gasteiger partial charge in [0, 0.05) is 5.56 Å². The third-order valence-corrected chi connectivity index (χ3v) is 8.36. The topological polar surface area (TPSA) is 107 Å². The van der Waals surface area contributed by atoms with E-state index in [2.05, 4.69) is 35.6 Å². The predicted molar refractivity (Wildman–Crippen MR) is 144 cm³/mol. The summed E-state index contributed by atoms with van der Waals surface area (Å²) in [5, 5.41) is 3.98. The molecule has 2 aromatic heterocycles. The summed E-state index contributed by atoms with van der Waals surface area (Å²) in [5.41, 5.74) is 3.68. The van der Waals surface area contributed by atoms with E-state index in [-0.39, 0.29) is 27.6 Å². The van der Waals surface area contributed by atoms with Crippen LogP contribution in [-0.4, -0.2) is 23.1 Å². The largest absolute Gasteiger partial charge is 0.338 e. The van der Waals surface area contributed by atoms with Crippen LogP contribution in [0, 0.1) is 0 Å². The second kappa shape index (κ2) is 9.70. The van der Waals surface area contributed by atoms with Crippen molar-refractivity contribution in [3.05, 3.63) is 99.5 Å². The molecule has 10 heteroatoms. The van der Waals surface area contributed by atoms with Gasteiger partial charge in [-0.3, -0.25) is 9.36 Å². The molecule has 0 aliphatic carbocycles. The Hall–Kier alpha value is -3.60. The highest BCUT2D eigenvalue weighted by Gasteiger charge is 2.19. The second-order valence-electron chi connectivity index (χ2n) is 9.73. The maximum atomic E-state index is 13.0. The van der Waals surface area contributed by atoms with Gasteiger partial charge in [0.25, 0.3) is 0 Å². The van der Waals surface area contributed by atoms with Crippen molar-refractivity contribution in [2.45, 2.75) is 44.2 Å². The van der Waals surface area contributed by atoms with Crippen LogP contribution in [0.2, 0.25) is 0 Å². The lowest BCUT2D eigenvalue weighted by atomic mass is 9.87. The van der Waals surface area contributed by atoms with E-state index in [9.17, 15) is 13.2 Å². The minimum atomic E-state index is -3.87. The average Bonchev–Trinajstić information content (AvgIpc) is 3.47. The Morgan fingerprint density at radius 2 is 1.73 bits per heavy atom. The summed E-state index contributed by atoms with van der Waals surface area (Å²) in [6, 6.07) is 22.2. The lowest BCUT2D eigenvalue weighted by molar-refractivity contribution is 0.376. The van der Waals surface area contributed by atoms with Crippen molar-refractivity contribution in [3.63, 3.8) is 0 Å². The van der Waals surface area contributed by atoms with Crippen molar-refractivity contribution in [2.24, 2.45) is 0 Å². The summed E-state index contributed by atoms with van der Waals surface area (Å²) in [6.45, 7) is 6.68. The van der Waals surface area contributed by atoms with Crippen molar-refractivity contribution in [2.75, 3.05) is 0 Å². The summed E-state index contributed by atoms with van der Waals surface area (Å²) >= 11 is 1.02. The summed E-state index contributed by atoms with van der Waals surface area (Å²) in [5.74, 6) is 0.541. The quantitative estimate of drug-likeness (QED) is 0.317. The minimum Gasteiger partial charge on any atom is -0.338 e. The molecular weight excluding hydrogens is 508 g/mol. The fraction of sp³-hybridized carbons (Fsp3) is 0.222. The van der Waals surface area contributed by atoms with Gasteiger partial charge in [0.1, 0.15) is 0 Å². The molecule has 190 valence electrons. The van der Waals surface area contributed by atoms with Gasteiger partial charge < -0.3 is 4.52 Å². The van der Waals surface area contributed by atoms with E-state index in [1.54, 1.807) is 10.6 Å². The number of nitrogens with zero attached hydrogens (tertiary/aromatic N) is 3. The average molecular weight is 535 g/mol. The molecule has 0 atom stereocenters. The number of rotatable bonds is 7. The van der Waals surface area contributed by atoms with Crippen LogP contribution >= 0.6 is 11.3 Å². The second-order valence-corrected chi connectivity index (χ2v) is 12.5. The van der Waals surface area contributed by atoms with Crippen molar-refractivity contribution >= 4 is 31.6 Å². The smallest absolute Gasteiger partial charge is 0.308 e. The fourth-order valence-corrected chi connectivity index (χ4v) is 5.94. The van der Waals surface area contributed by atoms with Gasteiger partial charge >= 0.3 is 4.87 Å². The molecule has 0 saturated heterocycles. The molecule has 37 heavy (non-hydrogen) atoms. The highest BCUT2D eigenvalue weighted by Crippen LogP contribution is 2.25. The Morgan fingerprint density at radius 3 is 2.43 bits per heavy atom. The first-order valence-corrected chi connectivity index (χ1v) is 14.0. The Balaban J connectivity index is 1.31. The van der Waals surface area contributed by atoms with Crippen LogP contribution in [0.4, 0.5) is 0 Å². The summed E-state index contributed by atoms with van der Waals surface area (Å²) in [7, 11) is -3.87. The molecule has 0 aliphatic rings. The molecular formula is C27H26N4O4S2. The Bertz CT molecular complexity index is 1710. The van der Waals surface area contributed by atoms with E-state index in [0.717, 1.165) is 22.5 Å². The van der Waals surface area contributed by atoms with Crippen LogP contribution in [0.25, 0.3) is 21.6 Å². The lowest BCUT2D eigenvalue weighted by Crippen LogP contribution is -2.23. The molecule has 8 nitrogen and oxygen atoms in total. The van der Waals surface area contributed by atoms with Crippen LogP contribution in [-0.2, 0) is 28.5 Å². The molecule has 3 aromatic carbocycles. The first-order valence-electron chi connectivity index (χ1n) is 11.7. The molecule has 0 unspecified atom stereocenters. The van der Waals surface area contributed by atoms with Crippen molar-refractivity contribution in [3.8, 4) is 11.4 Å². The van der Waals surface area contributed by atoms with Gasteiger partial charge in [-0.2, -0.15) is 4.98 Å².